The summed E-state index contributed by atoms with van der Waals surface area (Å²) >= 11 is 24.3. The molecule has 12 aromatic carbocycles. The zero-order chi connectivity index (χ0) is 75.0. The van der Waals surface area contributed by atoms with E-state index in [1.807, 2.05) is 127 Å². The number of hydrogen-bond acceptors (Lipinski definition) is 8. The first kappa shape index (κ1) is 74.5. The van der Waals surface area contributed by atoms with Crippen molar-refractivity contribution in [2.45, 2.75) is 83.4 Å². The highest BCUT2D eigenvalue weighted by molar-refractivity contribution is 6.31. The van der Waals surface area contributed by atoms with E-state index < -0.39 is 0 Å². The van der Waals surface area contributed by atoms with Gasteiger partial charge in [0.15, 0.2) is 0 Å². The summed E-state index contributed by atoms with van der Waals surface area (Å²) in [6.45, 7) is 10.4. The van der Waals surface area contributed by atoms with E-state index >= 15 is 0 Å². The summed E-state index contributed by atoms with van der Waals surface area (Å²) in [5.41, 5.74) is 16.5. The fourth-order valence-electron chi connectivity index (χ4n) is 13.8. The molecule has 538 valence electrons. The first-order chi connectivity index (χ1) is 51.7. The molecule has 0 amide bonds. The van der Waals surface area contributed by atoms with Crippen molar-refractivity contribution in [1.82, 2.24) is 0 Å². The van der Waals surface area contributed by atoms with Crippen LogP contribution in [0.15, 0.2) is 317 Å². The van der Waals surface area contributed by atoms with Crippen LogP contribution in [0.4, 0.5) is 49.1 Å². The molecular weight excluding hydrogens is 1440 g/mol. The van der Waals surface area contributed by atoms with E-state index in [4.69, 9.17) is 66.4 Å². The summed E-state index contributed by atoms with van der Waals surface area (Å²) in [7, 11) is 0. The van der Waals surface area contributed by atoms with Crippen LogP contribution in [0.5, 0.6) is 0 Å². The summed E-state index contributed by atoms with van der Waals surface area (Å²) in [5, 5.41) is 2.80. The number of nitrogens with zero attached hydrogens (tertiary/aromatic N) is 8. The number of aryl methyl sites for hydroxylation is 1. The van der Waals surface area contributed by atoms with Gasteiger partial charge < -0.3 is 19.6 Å². The number of aliphatic imine (C=N–C) groups is 4. The summed E-state index contributed by atoms with van der Waals surface area (Å²) in [4.78, 5) is 28.7. The molecule has 8 unspecified atom stereocenters. The predicted molar refractivity (Wildman–Crippen MR) is 427 cm³/mol. The van der Waals surface area contributed by atoms with E-state index in [9.17, 15) is 26.3 Å². The Morgan fingerprint density at radius 2 is 0.421 bits per heavy atom. The number of halogens is 10. The van der Waals surface area contributed by atoms with E-state index in [0.29, 0.717) is 20.1 Å². The molecule has 0 spiro atoms. The quantitative estimate of drug-likeness (QED) is 0.114. The largest absolute Gasteiger partial charge is 0.337 e. The van der Waals surface area contributed by atoms with E-state index in [2.05, 4.69) is 78.5 Å². The fraction of sp³-hybridized carbons (Fsp3) is 0.146. The Kier molecular flexibility index (Phi) is 23.2. The predicted octanol–water partition coefficient (Wildman–Crippen LogP) is 24.1. The number of rotatable bonds is 12. The van der Waals surface area contributed by atoms with Crippen LogP contribution in [0.25, 0.3) is 0 Å². The molecule has 0 radical (unpaired) electrons. The Labute approximate surface area is 639 Å². The van der Waals surface area contributed by atoms with Crippen LogP contribution in [0.2, 0.25) is 20.1 Å². The molecule has 0 aliphatic carbocycles. The van der Waals surface area contributed by atoms with Crippen LogP contribution in [0, 0.1) is 41.8 Å². The highest BCUT2D eigenvalue weighted by Gasteiger charge is 2.39. The van der Waals surface area contributed by atoms with Gasteiger partial charge in [-0.2, -0.15) is 0 Å². The second kappa shape index (κ2) is 33.4. The van der Waals surface area contributed by atoms with Gasteiger partial charge in [0.05, 0.1) is 47.0 Å². The molecule has 12 aromatic rings. The topological polar surface area (TPSA) is 62.4 Å². The number of benzene rings is 12. The van der Waals surface area contributed by atoms with Gasteiger partial charge in [-0.1, -0.05) is 179 Å². The van der Waals surface area contributed by atoms with Crippen LogP contribution < -0.4 is 19.6 Å². The first-order valence-electron chi connectivity index (χ1n) is 34.8. The molecule has 8 atom stereocenters. The van der Waals surface area contributed by atoms with Crippen molar-refractivity contribution in [3.8, 4) is 0 Å². The van der Waals surface area contributed by atoms with E-state index in [-0.39, 0.29) is 83.7 Å². The molecule has 0 saturated carbocycles. The monoisotopic (exact) mass is 1510 g/mol. The van der Waals surface area contributed by atoms with Crippen LogP contribution in [0.1, 0.15) is 102 Å². The Morgan fingerprint density at radius 3 is 0.673 bits per heavy atom. The third-order valence-electron chi connectivity index (χ3n) is 19.2. The summed E-state index contributed by atoms with van der Waals surface area (Å²) in [6.07, 6.45) is -0.956. The normalized spacial score (nSPS) is 19.3. The SMILES string of the molecule is CC1C(c2ccc(Cl)cc2)=NC(c2ccc(Cl)cc2)N1c1ccc(Cl)cc1.CC1C(c2ccc(F)cc2)=NC(c2ccc(F)cc2)N1c1ccc(Cl)cc1.CC1C(c2ccc(F)cc2)=NC(c2ccc(F)cc2)N1c1ccccc1.Cc1ccc(N2C(C)C(c3ccc(F)cc3)=NC2c2ccc(F)cc2)cc1. The van der Waals surface area contributed by atoms with E-state index in [1.165, 1.54) is 78.4 Å². The van der Waals surface area contributed by atoms with Gasteiger partial charge in [-0.15, -0.1) is 0 Å². The minimum absolute atomic E-state index is 0.00193. The smallest absolute Gasteiger partial charge is 0.148 e. The number of hydrogen-bond donors (Lipinski definition) is 0. The Morgan fingerprint density at radius 1 is 0.234 bits per heavy atom. The van der Waals surface area contributed by atoms with Crippen molar-refractivity contribution in [3.05, 3.63) is 402 Å². The molecule has 0 aromatic heterocycles. The lowest BCUT2D eigenvalue weighted by Crippen LogP contribution is -2.35. The van der Waals surface area contributed by atoms with Gasteiger partial charge in [-0.3, -0.25) is 20.0 Å². The lowest BCUT2D eigenvalue weighted by Gasteiger charge is -2.30. The fourth-order valence-corrected chi connectivity index (χ4v) is 14.3. The molecule has 18 heteroatoms. The zero-order valence-corrected chi connectivity index (χ0v) is 61.8. The number of anilines is 4. The van der Waals surface area contributed by atoms with Gasteiger partial charge in [0.2, 0.25) is 0 Å². The number of para-hydroxylation sites is 1. The highest BCUT2D eigenvalue weighted by atomic mass is 35.5. The maximum Gasteiger partial charge on any atom is 0.148 e. The van der Waals surface area contributed by atoms with Crippen molar-refractivity contribution in [2.24, 2.45) is 20.0 Å². The van der Waals surface area contributed by atoms with Gasteiger partial charge in [0.1, 0.15) is 59.6 Å². The van der Waals surface area contributed by atoms with Gasteiger partial charge in [-0.05, 0) is 249 Å². The third kappa shape index (κ3) is 17.2. The second-order valence-electron chi connectivity index (χ2n) is 26.2. The summed E-state index contributed by atoms with van der Waals surface area (Å²) in [5.74, 6) is -1.64. The second-order valence-corrected chi connectivity index (χ2v) is 28.0. The maximum atomic E-state index is 13.4. The lowest BCUT2D eigenvalue weighted by atomic mass is 10.0. The van der Waals surface area contributed by atoms with Gasteiger partial charge in [0, 0.05) is 42.8 Å². The van der Waals surface area contributed by atoms with Gasteiger partial charge in [-0.25, -0.2) is 26.3 Å². The van der Waals surface area contributed by atoms with Crippen molar-refractivity contribution >= 4 is 92.0 Å². The zero-order valence-electron chi connectivity index (χ0n) is 58.8. The summed E-state index contributed by atoms with van der Waals surface area (Å²) < 4.78 is 80.2. The molecule has 0 saturated heterocycles. The van der Waals surface area contributed by atoms with Crippen LogP contribution in [-0.4, -0.2) is 47.0 Å². The van der Waals surface area contributed by atoms with Crippen molar-refractivity contribution in [3.63, 3.8) is 0 Å². The minimum atomic E-state index is -0.304. The summed E-state index contributed by atoms with van der Waals surface area (Å²) in [6, 6.07) is 87.8. The van der Waals surface area contributed by atoms with Gasteiger partial charge >= 0.3 is 0 Å². The van der Waals surface area contributed by atoms with Crippen molar-refractivity contribution in [2.75, 3.05) is 19.6 Å². The molecule has 4 heterocycles. The molecule has 0 N–H and O–H groups in total. The van der Waals surface area contributed by atoms with Crippen LogP contribution in [-0.2, 0) is 0 Å². The molecule has 0 bridgehead atoms. The van der Waals surface area contributed by atoms with Crippen LogP contribution in [0.3, 0.4) is 0 Å². The molecule has 107 heavy (non-hydrogen) atoms. The molecule has 0 fully saturated rings. The lowest BCUT2D eigenvalue weighted by molar-refractivity contribution is 0.622. The van der Waals surface area contributed by atoms with Crippen molar-refractivity contribution in [1.29, 1.82) is 0 Å². The Balaban J connectivity index is 0.000000126. The maximum absolute atomic E-state index is 13.4. The average molecular weight is 1510 g/mol. The van der Waals surface area contributed by atoms with Crippen LogP contribution >= 0.6 is 46.4 Å². The standard InChI is InChI=1S/C23H20F2N2.C22H17Cl3N2.C22H17ClF2N2.C22H18F2N2/c1-15-3-13-21(14-4-15)27-16(2)22(17-5-9-19(24)10-6-17)26-23(27)18-7-11-20(25)12-8-18;1-14-21(15-2-6-17(23)7-3-15)26-22(16-4-8-18(24)9-5-16)27(14)20-12-10-19(25)11-13-20;1-14-21(15-2-8-18(24)9-3-15)26-22(16-4-10-19(25)11-5-16)27(14)20-12-6-17(23)7-13-20;1-15-21(16-7-11-18(23)12-8-16)25-22(17-9-13-19(24)14-10-17)26(15)20-5-3-2-4-6-20/h3-14,16,23H,1-2H3;2*2-14,22H,1H3;2-15,22H,1H3. The molecular formula is C89H72Cl4F6N8. The third-order valence-corrected chi connectivity index (χ3v) is 20.2. The van der Waals surface area contributed by atoms with E-state index in [1.54, 1.807) is 72.8 Å². The molecule has 4 aliphatic heterocycles. The average Bonchev–Trinajstić information content (AvgIpc) is 1.65. The molecule has 4 aliphatic rings. The van der Waals surface area contributed by atoms with Crippen molar-refractivity contribution < 1.29 is 26.3 Å². The minimum Gasteiger partial charge on any atom is -0.337 e. The molecule has 16 rings (SSSR count). The van der Waals surface area contributed by atoms with Gasteiger partial charge in [0.25, 0.3) is 0 Å². The Bertz CT molecular complexity index is 4730. The highest BCUT2D eigenvalue weighted by Crippen LogP contribution is 2.43. The Hall–Kier alpha value is -10.7. The van der Waals surface area contributed by atoms with E-state index in [0.717, 1.165) is 90.1 Å². The molecule has 8 nitrogen and oxygen atoms in total. The first-order valence-corrected chi connectivity index (χ1v) is 36.4.